The number of piperidine rings is 1. The highest BCUT2D eigenvalue weighted by Crippen LogP contribution is 2.30. The van der Waals surface area contributed by atoms with E-state index in [4.69, 9.17) is 4.74 Å². The van der Waals surface area contributed by atoms with E-state index in [0.29, 0.717) is 25.7 Å². The molecule has 28 heavy (non-hydrogen) atoms. The normalized spacial score (nSPS) is 15.1. The Balaban J connectivity index is 1.50. The Bertz CT molecular complexity index is 974. The lowest BCUT2D eigenvalue weighted by molar-refractivity contribution is 0.0879. The zero-order valence-corrected chi connectivity index (χ0v) is 16.5. The third-order valence-corrected chi connectivity index (χ3v) is 5.41. The molecule has 0 spiro atoms. The lowest BCUT2D eigenvalue weighted by Gasteiger charge is -2.31. The summed E-state index contributed by atoms with van der Waals surface area (Å²) in [5.74, 6) is 0. The summed E-state index contributed by atoms with van der Waals surface area (Å²) in [5, 5.41) is 5.79. The highest BCUT2D eigenvalue weighted by molar-refractivity contribution is 5.85. The third-order valence-electron chi connectivity index (χ3n) is 5.41. The fraction of sp³-hybridized carbons (Fsp3) is 0.409. The highest BCUT2D eigenvalue weighted by atomic mass is 16.6. The Morgan fingerprint density at radius 2 is 2.07 bits per heavy atom. The van der Waals surface area contributed by atoms with E-state index in [1.807, 2.05) is 32.3 Å². The van der Waals surface area contributed by atoms with Gasteiger partial charge in [0.1, 0.15) is 0 Å². The number of hydrogen-bond acceptors (Lipinski definition) is 4. The second kappa shape index (κ2) is 8.00. The van der Waals surface area contributed by atoms with Crippen LogP contribution >= 0.6 is 0 Å². The van der Waals surface area contributed by atoms with Gasteiger partial charge in [-0.2, -0.15) is 5.10 Å². The van der Waals surface area contributed by atoms with Gasteiger partial charge < -0.3 is 9.64 Å². The molecule has 1 saturated heterocycles. The minimum atomic E-state index is -0.192. The molecule has 1 amide bonds. The number of rotatable bonds is 4. The van der Waals surface area contributed by atoms with E-state index >= 15 is 0 Å². The summed E-state index contributed by atoms with van der Waals surface area (Å²) < 4.78 is 7.37. The summed E-state index contributed by atoms with van der Waals surface area (Å²) in [6.45, 7) is 5.94. The first-order valence-electron chi connectivity index (χ1n) is 9.98. The second-order valence-electron chi connectivity index (χ2n) is 7.33. The lowest BCUT2D eigenvalue weighted by atomic mass is 10.0. The maximum Gasteiger partial charge on any atom is 0.409 e. The van der Waals surface area contributed by atoms with Crippen LogP contribution in [0.3, 0.4) is 0 Å². The largest absolute Gasteiger partial charge is 0.449 e. The highest BCUT2D eigenvalue weighted by Gasteiger charge is 2.26. The monoisotopic (exact) mass is 378 g/mol. The molecule has 0 bridgehead atoms. The lowest BCUT2D eigenvalue weighted by Crippen LogP contribution is -2.39. The summed E-state index contributed by atoms with van der Waals surface area (Å²) in [6, 6.07) is 10.8. The first-order valence-corrected chi connectivity index (χ1v) is 9.98. The van der Waals surface area contributed by atoms with Gasteiger partial charge in [0.25, 0.3) is 0 Å². The van der Waals surface area contributed by atoms with Crippen LogP contribution in [0.4, 0.5) is 4.79 Å². The van der Waals surface area contributed by atoms with E-state index in [0.717, 1.165) is 47.0 Å². The zero-order chi connectivity index (χ0) is 19.5. The number of fused-ring (bicyclic) bond motifs is 1. The minimum Gasteiger partial charge on any atom is -0.449 e. The standard InChI is InChI=1S/C22H26N4O2/c1-3-13-28-22(27)25-11-8-19(9-12-25)26-21-7-6-17(14-18(21)15-24-26)20-5-4-10-23-16(20)2/h4-7,10,14-15,19H,3,8-9,11-13H2,1-2H3. The van der Waals surface area contributed by atoms with Gasteiger partial charge in [-0.3, -0.25) is 9.67 Å². The van der Waals surface area contributed by atoms with Crippen LogP contribution in [-0.4, -0.2) is 45.5 Å². The molecule has 0 unspecified atom stereocenters. The van der Waals surface area contributed by atoms with Crippen molar-refractivity contribution in [3.8, 4) is 11.1 Å². The molecule has 1 fully saturated rings. The molecule has 0 saturated carbocycles. The summed E-state index contributed by atoms with van der Waals surface area (Å²) in [7, 11) is 0. The van der Waals surface area contributed by atoms with Crippen LogP contribution in [0.1, 0.15) is 37.9 Å². The van der Waals surface area contributed by atoms with Crippen LogP contribution in [-0.2, 0) is 4.74 Å². The first kappa shape index (κ1) is 18.5. The summed E-state index contributed by atoms with van der Waals surface area (Å²) >= 11 is 0. The van der Waals surface area contributed by atoms with Gasteiger partial charge in [-0.05, 0) is 49.9 Å². The van der Waals surface area contributed by atoms with Crippen molar-refractivity contribution in [2.24, 2.45) is 0 Å². The average Bonchev–Trinajstić information content (AvgIpc) is 3.15. The molecule has 1 aromatic carbocycles. The molecule has 146 valence electrons. The molecule has 3 heterocycles. The number of aromatic nitrogens is 3. The van der Waals surface area contributed by atoms with Crippen molar-refractivity contribution >= 4 is 17.0 Å². The maximum absolute atomic E-state index is 12.0. The molecule has 1 aliphatic heterocycles. The maximum atomic E-state index is 12.0. The second-order valence-corrected chi connectivity index (χ2v) is 7.33. The van der Waals surface area contributed by atoms with Gasteiger partial charge in [0.15, 0.2) is 0 Å². The predicted molar refractivity (Wildman–Crippen MR) is 109 cm³/mol. The van der Waals surface area contributed by atoms with Gasteiger partial charge in [-0.15, -0.1) is 0 Å². The fourth-order valence-corrected chi connectivity index (χ4v) is 3.87. The van der Waals surface area contributed by atoms with Gasteiger partial charge in [0.2, 0.25) is 0 Å². The van der Waals surface area contributed by atoms with E-state index in [-0.39, 0.29) is 6.09 Å². The summed E-state index contributed by atoms with van der Waals surface area (Å²) in [5.41, 5.74) is 4.47. The van der Waals surface area contributed by atoms with Gasteiger partial charge in [-0.25, -0.2) is 4.79 Å². The predicted octanol–water partition coefficient (Wildman–Crippen LogP) is 4.59. The molecule has 6 heteroatoms. The molecule has 0 N–H and O–H groups in total. The van der Waals surface area contributed by atoms with E-state index in [1.165, 1.54) is 0 Å². The SMILES string of the molecule is CCCOC(=O)N1CCC(n2ncc3cc(-c4cccnc4C)ccc32)CC1. The molecular formula is C22H26N4O2. The third kappa shape index (κ3) is 3.59. The van der Waals surface area contributed by atoms with Crippen molar-refractivity contribution in [1.29, 1.82) is 0 Å². The van der Waals surface area contributed by atoms with Crippen LogP contribution in [0.25, 0.3) is 22.0 Å². The van der Waals surface area contributed by atoms with E-state index in [2.05, 4.69) is 39.0 Å². The Labute approximate surface area is 165 Å². The molecule has 6 nitrogen and oxygen atoms in total. The van der Waals surface area contributed by atoms with E-state index < -0.39 is 0 Å². The summed E-state index contributed by atoms with van der Waals surface area (Å²) in [4.78, 5) is 18.2. The van der Waals surface area contributed by atoms with Crippen molar-refractivity contribution in [3.05, 3.63) is 48.4 Å². The number of likely N-dealkylation sites (tertiary alicyclic amines) is 1. The number of amides is 1. The van der Waals surface area contributed by atoms with Gasteiger partial charge in [0, 0.05) is 35.9 Å². The smallest absolute Gasteiger partial charge is 0.409 e. The molecule has 0 atom stereocenters. The van der Waals surface area contributed by atoms with Crippen LogP contribution in [0.15, 0.2) is 42.7 Å². The number of pyridine rings is 1. The average molecular weight is 378 g/mol. The van der Waals surface area contributed by atoms with Crippen molar-refractivity contribution in [1.82, 2.24) is 19.7 Å². The molecule has 2 aromatic heterocycles. The molecule has 0 aliphatic carbocycles. The van der Waals surface area contributed by atoms with Gasteiger partial charge >= 0.3 is 6.09 Å². The number of carbonyl (C=O) groups excluding carboxylic acids is 1. The quantitative estimate of drug-likeness (QED) is 0.666. The topological polar surface area (TPSA) is 60.2 Å². The summed E-state index contributed by atoms with van der Waals surface area (Å²) in [6.07, 6.45) is 6.19. The number of aryl methyl sites for hydroxylation is 1. The van der Waals surface area contributed by atoms with E-state index in [1.54, 1.807) is 4.90 Å². The van der Waals surface area contributed by atoms with Crippen LogP contribution < -0.4 is 0 Å². The van der Waals surface area contributed by atoms with Crippen LogP contribution in [0.2, 0.25) is 0 Å². The first-order chi connectivity index (χ1) is 13.7. The van der Waals surface area contributed by atoms with Crippen molar-refractivity contribution < 1.29 is 9.53 Å². The number of ether oxygens (including phenoxy) is 1. The van der Waals surface area contributed by atoms with Gasteiger partial charge in [0.05, 0.1) is 24.4 Å². The van der Waals surface area contributed by atoms with E-state index in [9.17, 15) is 4.79 Å². The van der Waals surface area contributed by atoms with Crippen molar-refractivity contribution in [3.63, 3.8) is 0 Å². The Kier molecular flexibility index (Phi) is 5.28. The zero-order valence-electron chi connectivity index (χ0n) is 16.5. The Morgan fingerprint density at radius 1 is 1.25 bits per heavy atom. The minimum absolute atomic E-state index is 0.192. The number of carbonyl (C=O) groups is 1. The van der Waals surface area contributed by atoms with Crippen LogP contribution in [0.5, 0.6) is 0 Å². The molecule has 3 aromatic rings. The van der Waals surface area contributed by atoms with Crippen molar-refractivity contribution in [2.45, 2.75) is 39.2 Å². The molecule has 4 rings (SSSR count). The number of benzene rings is 1. The Hall–Kier alpha value is -2.89. The molecule has 1 aliphatic rings. The van der Waals surface area contributed by atoms with Crippen molar-refractivity contribution in [2.75, 3.05) is 19.7 Å². The Morgan fingerprint density at radius 3 is 2.82 bits per heavy atom. The fourth-order valence-electron chi connectivity index (χ4n) is 3.87. The van der Waals surface area contributed by atoms with Crippen LogP contribution in [0, 0.1) is 6.92 Å². The molecule has 0 radical (unpaired) electrons. The van der Waals surface area contributed by atoms with Gasteiger partial charge in [-0.1, -0.05) is 19.1 Å². The number of hydrogen-bond donors (Lipinski definition) is 0. The molecular weight excluding hydrogens is 352 g/mol. The number of nitrogens with zero attached hydrogens (tertiary/aromatic N) is 4.